The second-order valence-electron chi connectivity index (χ2n) is 3.27. The summed E-state index contributed by atoms with van der Waals surface area (Å²) in [5, 5.41) is 20.0. The highest BCUT2D eigenvalue weighted by molar-refractivity contribution is 5.74. The Labute approximate surface area is 92.2 Å². The van der Waals surface area contributed by atoms with Gasteiger partial charge < -0.3 is 15.7 Å². The van der Waals surface area contributed by atoms with Gasteiger partial charge in [-0.25, -0.2) is 4.79 Å². The van der Waals surface area contributed by atoms with E-state index in [0.29, 0.717) is 6.54 Å². The van der Waals surface area contributed by atoms with E-state index in [4.69, 9.17) is 5.11 Å². The van der Waals surface area contributed by atoms with Gasteiger partial charge >= 0.3 is 12.0 Å². The summed E-state index contributed by atoms with van der Waals surface area (Å²) in [4.78, 5) is 21.4. The summed E-state index contributed by atoms with van der Waals surface area (Å²) in [6.45, 7) is 2.33. The first-order chi connectivity index (χ1) is 7.59. The number of carbonyl (C=O) groups is 2. The van der Waals surface area contributed by atoms with Gasteiger partial charge in [0.25, 0.3) is 0 Å². The Morgan fingerprint density at radius 2 is 2.25 bits per heavy atom. The van der Waals surface area contributed by atoms with Gasteiger partial charge in [-0.05, 0) is 6.92 Å². The Bertz CT molecular complexity index is 375. The second-order valence-corrected chi connectivity index (χ2v) is 3.27. The molecule has 1 heterocycles. The number of aromatic amines is 1. The van der Waals surface area contributed by atoms with Gasteiger partial charge in [0.05, 0.1) is 12.6 Å². The van der Waals surface area contributed by atoms with E-state index in [1.807, 2.05) is 6.92 Å². The van der Waals surface area contributed by atoms with Crippen LogP contribution in [0.25, 0.3) is 0 Å². The minimum atomic E-state index is -0.939. The van der Waals surface area contributed by atoms with Crippen LogP contribution in [-0.2, 0) is 11.3 Å². The Morgan fingerprint density at radius 3 is 2.81 bits per heavy atom. The number of amides is 2. The van der Waals surface area contributed by atoms with Crippen LogP contribution in [0.1, 0.15) is 17.7 Å². The average molecular weight is 226 g/mol. The molecule has 0 saturated carbocycles. The third kappa shape index (κ3) is 3.99. The van der Waals surface area contributed by atoms with Crippen molar-refractivity contribution in [2.45, 2.75) is 19.9 Å². The molecular weight excluding hydrogens is 212 g/mol. The maximum Gasteiger partial charge on any atom is 0.315 e. The summed E-state index contributed by atoms with van der Waals surface area (Å²) in [7, 11) is 0. The van der Waals surface area contributed by atoms with E-state index in [1.165, 1.54) is 0 Å². The van der Waals surface area contributed by atoms with Gasteiger partial charge in [0, 0.05) is 24.3 Å². The lowest BCUT2D eigenvalue weighted by Gasteiger charge is -2.05. The highest BCUT2D eigenvalue weighted by Crippen LogP contribution is 2.00. The number of carboxylic acid groups (broad SMARTS) is 1. The van der Waals surface area contributed by atoms with Gasteiger partial charge in [-0.15, -0.1) is 0 Å². The molecule has 16 heavy (non-hydrogen) atoms. The highest BCUT2D eigenvalue weighted by Gasteiger charge is 2.04. The molecule has 0 aromatic carbocycles. The number of hydrogen-bond acceptors (Lipinski definition) is 3. The maximum absolute atomic E-state index is 11.2. The molecule has 1 aromatic heterocycles. The zero-order valence-corrected chi connectivity index (χ0v) is 8.91. The summed E-state index contributed by atoms with van der Waals surface area (Å²) in [6, 6.07) is -0.387. The number of aliphatic carboxylic acids is 1. The smallest absolute Gasteiger partial charge is 0.315 e. The van der Waals surface area contributed by atoms with E-state index >= 15 is 0 Å². The fourth-order valence-electron chi connectivity index (χ4n) is 1.07. The minimum absolute atomic E-state index is 0.0852. The molecule has 7 heteroatoms. The van der Waals surface area contributed by atoms with E-state index in [-0.39, 0.29) is 19.0 Å². The molecule has 1 aromatic rings. The minimum Gasteiger partial charge on any atom is -0.481 e. The van der Waals surface area contributed by atoms with Gasteiger partial charge in [0.2, 0.25) is 0 Å². The Balaban J connectivity index is 2.20. The average Bonchev–Trinajstić information content (AvgIpc) is 2.60. The SMILES string of the molecule is Cc1[nH]ncc1CNC(=O)NCCC(=O)O. The third-order valence-electron chi connectivity index (χ3n) is 2.00. The highest BCUT2D eigenvalue weighted by atomic mass is 16.4. The topological polar surface area (TPSA) is 107 Å². The lowest BCUT2D eigenvalue weighted by atomic mass is 10.3. The van der Waals surface area contributed by atoms with E-state index in [2.05, 4.69) is 20.8 Å². The standard InChI is InChI=1S/C9H14N4O3/c1-6-7(5-12-13-6)4-11-9(16)10-3-2-8(14)15/h5H,2-4H2,1H3,(H,12,13)(H,14,15)(H2,10,11,16). The number of nitrogens with one attached hydrogen (secondary N) is 3. The number of carboxylic acids is 1. The monoisotopic (exact) mass is 226 g/mol. The van der Waals surface area contributed by atoms with Gasteiger partial charge in [-0.3, -0.25) is 9.89 Å². The Hall–Kier alpha value is -2.05. The molecule has 1 rings (SSSR count). The van der Waals surface area contributed by atoms with Crippen molar-refractivity contribution in [2.75, 3.05) is 6.54 Å². The van der Waals surface area contributed by atoms with Gasteiger partial charge in [0.1, 0.15) is 0 Å². The molecule has 2 amide bonds. The van der Waals surface area contributed by atoms with E-state index in [1.54, 1.807) is 6.20 Å². The van der Waals surface area contributed by atoms with Gasteiger partial charge in [-0.2, -0.15) is 5.10 Å². The zero-order chi connectivity index (χ0) is 12.0. The summed E-state index contributed by atoms with van der Waals surface area (Å²) in [6.07, 6.45) is 1.55. The van der Waals surface area contributed by atoms with Crippen molar-refractivity contribution in [2.24, 2.45) is 0 Å². The molecule has 0 saturated heterocycles. The number of nitrogens with zero attached hydrogens (tertiary/aromatic N) is 1. The molecule has 88 valence electrons. The van der Waals surface area contributed by atoms with E-state index in [9.17, 15) is 9.59 Å². The van der Waals surface area contributed by atoms with Crippen LogP contribution in [0.5, 0.6) is 0 Å². The van der Waals surface area contributed by atoms with Gasteiger partial charge in [0.15, 0.2) is 0 Å². The van der Waals surface area contributed by atoms with Crippen molar-refractivity contribution >= 4 is 12.0 Å². The summed E-state index contributed by atoms with van der Waals surface area (Å²) in [5.41, 5.74) is 1.79. The summed E-state index contributed by atoms with van der Waals surface area (Å²) in [5.74, 6) is -0.939. The number of H-pyrrole nitrogens is 1. The van der Waals surface area contributed by atoms with Crippen LogP contribution in [-0.4, -0.2) is 33.8 Å². The normalized spacial score (nSPS) is 9.81. The van der Waals surface area contributed by atoms with Crippen molar-refractivity contribution in [3.05, 3.63) is 17.5 Å². The van der Waals surface area contributed by atoms with Crippen LogP contribution >= 0.6 is 0 Å². The number of urea groups is 1. The van der Waals surface area contributed by atoms with Crippen molar-refractivity contribution < 1.29 is 14.7 Å². The lowest BCUT2D eigenvalue weighted by Crippen LogP contribution is -2.36. The molecule has 0 unspecified atom stereocenters. The summed E-state index contributed by atoms with van der Waals surface area (Å²) >= 11 is 0. The molecule has 0 radical (unpaired) electrons. The van der Waals surface area contributed by atoms with Crippen molar-refractivity contribution in [1.82, 2.24) is 20.8 Å². The molecule has 0 aliphatic carbocycles. The largest absolute Gasteiger partial charge is 0.481 e. The number of rotatable bonds is 5. The fourth-order valence-corrected chi connectivity index (χ4v) is 1.07. The van der Waals surface area contributed by atoms with E-state index in [0.717, 1.165) is 11.3 Å². The first kappa shape index (κ1) is 12.0. The van der Waals surface area contributed by atoms with Crippen LogP contribution in [0.4, 0.5) is 4.79 Å². The first-order valence-corrected chi connectivity index (χ1v) is 4.82. The molecule has 0 fully saturated rings. The van der Waals surface area contributed by atoms with Crippen LogP contribution in [0, 0.1) is 6.92 Å². The predicted octanol–water partition coefficient (Wildman–Crippen LogP) is -0.00798. The van der Waals surface area contributed by atoms with Crippen LogP contribution < -0.4 is 10.6 Å². The molecular formula is C9H14N4O3. The molecule has 0 bridgehead atoms. The van der Waals surface area contributed by atoms with E-state index < -0.39 is 5.97 Å². The summed E-state index contributed by atoms with van der Waals surface area (Å²) < 4.78 is 0. The fraction of sp³-hybridized carbons (Fsp3) is 0.444. The quantitative estimate of drug-likeness (QED) is 0.566. The maximum atomic E-state index is 11.2. The molecule has 0 atom stereocenters. The molecule has 0 aliphatic rings. The van der Waals surface area contributed by atoms with Gasteiger partial charge in [-0.1, -0.05) is 0 Å². The third-order valence-corrected chi connectivity index (χ3v) is 2.00. The Kier molecular flexibility index (Phi) is 4.31. The lowest BCUT2D eigenvalue weighted by molar-refractivity contribution is -0.136. The number of aromatic nitrogens is 2. The predicted molar refractivity (Wildman–Crippen MR) is 55.8 cm³/mol. The first-order valence-electron chi connectivity index (χ1n) is 4.82. The number of hydrogen-bond donors (Lipinski definition) is 4. The van der Waals surface area contributed by atoms with Crippen molar-refractivity contribution in [1.29, 1.82) is 0 Å². The molecule has 7 nitrogen and oxygen atoms in total. The molecule has 0 aliphatic heterocycles. The van der Waals surface area contributed by atoms with Crippen LogP contribution in [0.3, 0.4) is 0 Å². The van der Waals surface area contributed by atoms with Crippen molar-refractivity contribution in [3.63, 3.8) is 0 Å². The Morgan fingerprint density at radius 1 is 1.50 bits per heavy atom. The zero-order valence-electron chi connectivity index (χ0n) is 8.91. The van der Waals surface area contributed by atoms with Crippen LogP contribution in [0.2, 0.25) is 0 Å². The number of carbonyl (C=O) groups excluding carboxylic acids is 1. The molecule has 4 N–H and O–H groups in total. The van der Waals surface area contributed by atoms with Crippen molar-refractivity contribution in [3.8, 4) is 0 Å². The van der Waals surface area contributed by atoms with Crippen LogP contribution in [0.15, 0.2) is 6.20 Å². The second kappa shape index (κ2) is 5.74. The number of aryl methyl sites for hydroxylation is 1. The molecule has 0 spiro atoms.